The summed E-state index contributed by atoms with van der Waals surface area (Å²) in [5, 5.41) is 11.6. The molecule has 2 N–H and O–H groups in total. The van der Waals surface area contributed by atoms with Gasteiger partial charge in [0, 0.05) is 17.6 Å². The van der Waals surface area contributed by atoms with Crippen LogP contribution in [-0.2, 0) is 4.79 Å². The van der Waals surface area contributed by atoms with Crippen molar-refractivity contribution in [1.29, 1.82) is 0 Å². The smallest absolute Gasteiger partial charge is 0.321 e. The first kappa shape index (κ1) is 14.8. The maximum Gasteiger partial charge on any atom is 0.321 e. The van der Waals surface area contributed by atoms with Gasteiger partial charge in [0.25, 0.3) is 0 Å². The molecule has 2 unspecified atom stereocenters. The Bertz CT molecular complexity index is 552. The highest BCUT2D eigenvalue weighted by molar-refractivity contribution is 9.10. The number of likely N-dealkylation sites (tertiary alicyclic amines) is 1. The number of nitrogens with one attached hydrogen (secondary N) is 1. The van der Waals surface area contributed by atoms with Crippen LogP contribution in [0.1, 0.15) is 6.92 Å². The number of rotatable bonds is 2. The third-order valence-electron chi connectivity index (χ3n) is 3.39. The van der Waals surface area contributed by atoms with Gasteiger partial charge in [-0.05, 0) is 40.0 Å². The summed E-state index contributed by atoms with van der Waals surface area (Å²) in [5.41, 5.74) is 0.321. The van der Waals surface area contributed by atoms with Crippen molar-refractivity contribution in [3.8, 4) is 0 Å². The summed E-state index contributed by atoms with van der Waals surface area (Å²) in [7, 11) is 0. The summed E-state index contributed by atoms with van der Waals surface area (Å²) in [6, 6.07) is 3.55. The fourth-order valence-corrected chi connectivity index (χ4v) is 2.59. The molecule has 0 radical (unpaired) electrons. The second-order valence-electron chi connectivity index (χ2n) is 4.88. The van der Waals surface area contributed by atoms with Crippen molar-refractivity contribution in [3.05, 3.63) is 28.5 Å². The van der Waals surface area contributed by atoms with E-state index in [4.69, 9.17) is 5.11 Å². The zero-order valence-electron chi connectivity index (χ0n) is 10.8. The lowest BCUT2D eigenvalue weighted by atomic mass is 9.99. The van der Waals surface area contributed by atoms with Crippen LogP contribution in [0.4, 0.5) is 14.9 Å². The maximum absolute atomic E-state index is 13.1. The Kier molecular flexibility index (Phi) is 4.27. The van der Waals surface area contributed by atoms with Gasteiger partial charge < -0.3 is 15.3 Å². The highest BCUT2D eigenvalue weighted by Crippen LogP contribution is 2.26. The first-order valence-electron chi connectivity index (χ1n) is 6.12. The van der Waals surface area contributed by atoms with E-state index in [1.54, 1.807) is 6.92 Å². The summed E-state index contributed by atoms with van der Waals surface area (Å²) >= 11 is 3.22. The second-order valence-corrected chi connectivity index (χ2v) is 5.74. The minimum Gasteiger partial charge on any atom is -0.481 e. The third kappa shape index (κ3) is 3.09. The Morgan fingerprint density at radius 1 is 1.45 bits per heavy atom. The number of anilines is 1. The molecule has 1 aliphatic rings. The molecule has 0 bridgehead atoms. The van der Waals surface area contributed by atoms with E-state index in [1.165, 1.54) is 23.1 Å². The van der Waals surface area contributed by atoms with Crippen molar-refractivity contribution in [2.45, 2.75) is 6.92 Å². The summed E-state index contributed by atoms with van der Waals surface area (Å²) in [4.78, 5) is 24.5. The molecule has 108 valence electrons. The third-order valence-corrected chi connectivity index (χ3v) is 4.08. The zero-order chi connectivity index (χ0) is 14.9. The predicted molar refractivity (Wildman–Crippen MR) is 75.0 cm³/mol. The van der Waals surface area contributed by atoms with Crippen molar-refractivity contribution in [2.75, 3.05) is 18.4 Å². The van der Waals surface area contributed by atoms with Gasteiger partial charge in [0.2, 0.25) is 0 Å². The molecule has 0 saturated carbocycles. The Hall–Kier alpha value is -1.63. The van der Waals surface area contributed by atoms with Gasteiger partial charge in [-0.1, -0.05) is 6.92 Å². The van der Waals surface area contributed by atoms with E-state index in [9.17, 15) is 14.0 Å². The van der Waals surface area contributed by atoms with Gasteiger partial charge in [-0.15, -0.1) is 0 Å². The van der Waals surface area contributed by atoms with E-state index in [0.29, 0.717) is 16.7 Å². The van der Waals surface area contributed by atoms with Crippen LogP contribution in [-0.4, -0.2) is 35.1 Å². The average Bonchev–Trinajstić information content (AvgIpc) is 2.76. The van der Waals surface area contributed by atoms with Crippen molar-refractivity contribution in [1.82, 2.24) is 4.90 Å². The molecule has 1 aliphatic heterocycles. The highest BCUT2D eigenvalue weighted by Gasteiger charge is 2.37. The Morgan fingerprint density at radius 3 is 2.75 bits per heavy atom. The first-order chi connectivity index (χ1) is 9.38. The summed E-state index contributed by atoms with van der Waals surface area (Å²) < 4.78 is 13.7. The number of carboxylic acids is 1. The average molecular weight is 345 g/mol. The fraction of sp³-hybridized carbons (Fsp3) is 0.385. The molecule has 1 aromatic carbocycles. The zero-order valence-corrected chi connectivity index (χ0v) is 12.4. The van der Waals surface area contributed by atoms with E-state index in [1.807, 2.05) is 0 Å². The molecular formula is C13H14BrFN2O3. The number of carbonyl (C=O) groups excluding carboxylic acids is 1. The molecule has 7 heteroatoms. The monoisotopic (exact) mass is 344 g/mol. The van der Waals surface area contributed by atoms with E-state index >= 15 is 0 Å². The van der Waals surface area contributed by atoms with E-state index < -0.39 is 23.7 Å². The van der Waals surface area contributed by atoms with Crippen LogP contribution in [0.15, 0.2) is 22.7 Å². The Morgan fingerprint density at radius 2 is 2.15 bits per heavy atom. The van der Waals surface area contributed by atoms with Gasteiger partial charge in [-0.3, -0.25) is 4.79 Å². The van der Waals surface area contributed by atoms with Gasteiger partial charge in [0.1, 0.15) is 5.82 Å². The van der Waals surface area contributed by atoms with Gasteiger partial charge in [-0.2, -0.15) is 0 Å². The quantitative estimate of drug-likeness (QED) is 0.866. The lowest BCUT2D eigenvalue weighted by Crippen LogP contribution is -2.34. The largest absolute Gasteiger partial charge is 0.481 e. The van der Waals surface area contributed by atoms with Crippen LogP contribution in [0.5, 0.6) is 0 Å². The van der Waals surface area contributed by atoms with Gasteiger partial charge in [0.15, 0.2) is 0 Å². The predicted octanol–water partition coefficient (Wildman–Crippen LogP) is 2.77. The maximum atomic E-state index is 13.1. The van der Waals surface area contributed by atoms with Crippen molar-refractivity contribution in [3.63, 3.8) is 0 Å². The Balaban J connectivity index is 2.06. The molecule has 0 aromatic heterocycles. The van der Waals surface area contributed by atoms with Gasteiger partial charge in [0.05, 0.1) is 11.6 Å². The number of carboxylic acid groups (broad SMARTS) is 1. The summed E-state index contributed by atoms with van der Waals surface area (Å²) in [6.45, 7) is 2.33. The molecule has 2 atom stereocenters. The van der Waals surface area contributed by atoms with Crippen LogP contribution < -0.4 is 5.32 Å². The minimum atomic E-state index is -0.903. The number of carbonyl (C=O) groups is 2. The normalized spacial score (nSPS) is 21.9. The van der Waals surface area contributed by atoms with Crippen LogP contribution in [0.3, 0.4) is 0 Å². The molecular weight excluding hydrogens is 331 g/mol. The first-order valence-corrected chi connectivity index (χ1v) is 6.91. The number of aliphatic carboxylic acids is 1. The molecule has 1 aromatic rings. The van der Waals surface area contributed by atoms with E-state index in [0.717, 1.165) is 0 Å². The molecule has 1 saturated heterocycles. The van der Waals surface area contributed by atoms with Crippen molar-refractivity contribution in [2.24, 2.45) is 11.8 Å². The lowest BCUT2D eigenvalue weighted by molar-refractivity contribution is -0.142. The number of nitrogens with zero attached hydrogens (tertiary/aromatic N) is 1. The summed E-state index contributed by atoms with van der Waals surface area (Å²) in [6.07, 6.45) is 0. The van der Waals surface area contributed by atoms with Gasteiger partial charge in [-0.25, -0.2) is 9.18 Å². The molecule has 2 rings (SSSR count). The van der Waals surface area contributed by atoms with Crippen LogP contribution in [0.2, 0.25) is 0 Å². The lowest BCUT2D eigenvalue weighted by Gasteiger charge is -2.17. The molecule has 0 spiro atoms. The molecule has 1 heterocycles. The van der Waals surface area contributed by atoms with Crippen molar-refractivity contribution >= 4 is 33.6 Å². The number of amides is 2. The standard InChI is InChI=1S/C13H14BrFN2O3/c1-7-5-17(6-9(7)12(18)19)13(20)16-11-4-8(15)2-3-10(11)14/h2-4,7,9H,5-6H2,1H3,(H,16,20)(H,18,19). The Labute approximate surface area is 123 Å². The van der Waals surface area contributed by atoms with E-state index in [-0.39, 0.29) is 12.5 Å². The van der Waals surface area contributed by atoms with Crippen LogP contribution in [0.25, 0.3) is 0 Å². The van der Waals surface area contributed by atoms with Crippen molar-refractivity contribution < 1.29 is 19.1 Å². The minimum absolute atomic E-state index is 0.103. The van der Waals surface area contributed by atoms with E-state index in [2.05, 4.69) is 21.2 Å². The molecule has 20 heavy (non-hydrogen) atoms. The van der Waals surface area contributed by atoms with Crippen LogP contribution >= 0.6 is 15.9 Å². The number of halogens is 2. The fourth-order valence-electron chi connectivity index (χ4n) is 2.24. The summed E-state index contributed by atoms with van der Waals surface area (Å²) in [5.74, 6) is -2.02. The number of hydrogen-bond acceptors (Lipinski definition) is 2. The number of urea groups is 1. The molecule has 2 amide bonds. The SMILES string of the molecule is CC1CN(C(=O)Nc2cc(F)ccc2Br)CC1C(=O)O. The number of benzene rings is 1. The second kappa shape index (κ2) is 5.78. The molecule has 1 fully saturated rings. The highest BCUT2D eigenvalue weighted by atomic mass is 79.9. The topological polar surface area (TPSA) is 69.6 Å². The van der Waals surface area contributed by atoms with Crippen LogP contribution in [0, 0.1) is 17.7 Å². The number of hydrogen-bond donors (Lipinski definition) is 2. The molecule has 0 aliphatic carbocycles. The molecule has 5 nitrogen and oxygen atoms in total. The van der Waals surface area contributed by atoms with Gasteiger partial charge >= 0.3 is 12.0 Å².